The van der Waals surface area contributed by atoms with Gasteiger partial charge in [0, 0.05) is 0 Å². The first-order chi connectivity index (χ1) is 13.4. The Kier molecular flexibility index (Phi) is 11.4. The Labute approximate surface area is 166 Å². The molecule has 0 aromatic carbocycles. The maximum atomic E-state index is 12.4. The van der Waals surface area contributed by atoms with Gasteiger partial charge in [0.1, 0.15) is 18.1 Å². The summed E-state index contributed by atoms with van der Waals surface area (Å²) in [7, 11) is 0. The van der Waals surface area contributed by atoms with Crippen LogP contribution < -0.4 is 21.7 Å². The smallest absolute Gasteiger partial charge is 0.328 e. The van der Waals surface area contributed by atoms with Crippen LogP contribution in [0.4, 0.5) is 0 Å². The molecule has 13 heteroatoms. The SMILES string of the molecule is CC(C)CC(NC(=O)C(CO)NC(=O)C(N)CC(=O)O)C(=O)NC(CO)C(=O)O. The third kappa shape index (κ3) is 9.82. The van der Waals surface area contributed by atoms with Crippen molar-refractivity contribution in [1.29, 1.82) is 0 Å². The van der Waals surface area contributed by atoms with E-state index < -0.39 is 73.5 Å². The van der Waals surface area contributed by atoms with Crippen LogP contribution in [-0.4, -0.2) is 87.5 Å². The van der Waals surface area contributed by atoms with Crippen LogP contribution in [0.3, 0.4) is 0 Å². The van der Waals surface area contributed by atoms with E-state index in [9.17, 15) is 29.1 Å². The van der Waals surface area contributed by atoms with Crippen molar-refractivity contribution in [3.05, 3.63) is 0 Å². The Morgan fingerprint density at radius 1 is 0.793 bits per heavy atom. The second-order valence-corrected chi connectivity index (χ2v) is 6.72. The van der Waals surface area contributed by atoms with Crippen LogP contribution in [0, 0.1) is 5.92 Å². The van der Waals surface area contributed by atoms with E-state index in [0.717, 1.165) is 0 Å². The lowest BCUT2D eigenvalue weighted by Gasteiger charge is -2.25. The van der Waals surface area contributed by atoms with Gasteiger partial charge in [0.2, 0.25) is 17.7 Å². The monoisotopic (exact) mass is 420 g/mol. The molecule has 0 aliphatic heterocycles. The second kappa shape index (κ2) is 12.6. The molecule has 166 valence electrons. The van der Waals surface area contributed by atoms with Crippen molar-refractivity contribution in [2.75, 3.05) is 13.2 Å². The van der Waals surface area contributed by atoms with Crippen LogP contribution in [0.1, 0.15) is 26.7 Å². The molecular formula is C16H28N4O9. The van der Waals surface area contributed by atoms with Crippen molar-refractivity contribution < 1.29 is 44.4 Å². The Balaban J connectivity index is 5.17. The largest absolute Gasteiger partial charge is 0.481 e. The van der Waals surface area contributed by atoms with E-state index in [1.165, 1.54) is 0 Å². The molecule has 0 aromatic rings. The Morgan fingerprint density at radius 2 is 1.24 bits per heavy atom. The van der Waals surface area contributed by atoms with Gasteiger partial charge in [0.05, 0.1) is 25.7 Å². The molecule has 4 unspecified atom stereocenters. The maximum Gasteiger partial charge on any atom is 0.328 e. The summed E-state index contributed by atoms with van der Waals surface area (Å²) in [5, 5.41) is 42.4. The zero-order valence-corrected chi connectivity index (χ0v) is 16.1. The van der Waals surface area contributed by atoms with Gasteiger partial charge in [-0.25, -0.2) is 4.79 Å². The summed E-state index contributed by atoms with van der Waals surface area (Å²) in [6.45, 7) is 1.76. The van der Waals surface area contributed by atoms with Gasteiger partial charge in [-0.05, 0) is 12.3 Å². The number of carbonyl (C=O) groups excluding carboxylic acids is 3. The Hall–Kier alpha value is -2.77. The van der Waals surface area contributed by atoms with E-state index >= 15 is 0 Å². The lowest BCUT2D eigenvalue weighted by atomic mass is 10.0. The van der Waals surface area contributed by atoms with Crippen molar-refractivity contribution in [3.63, 3.8) is 0 Å². The van der Waals surface area contributed by atoms with Crippen molar-refractivity contribution in [2.45, 2.75) is 50.9 Å². The summed E-state index contributed by atoms with van der Waals surface area (Å²) in [6, 6.07) is -5.76. The molecule has 0 aromatic heterocycles. The average molecular weight is 420 g/mol. The predicted molar refractivity (Wildman–Crippen MR) is 97.3 cm³/mol. The molecule has 0 saturated heterocycles. The van der Waals surface area contributed by atoms with Crippen LogP contribution in [0.5, 0.6) is 0 Å². The minimum Gasteiger partial charge on any atom is -0.481 e. The first kappa shape index (κ1) is 26.2. The molecule has 0 aliphatic rings. The van der Waals surface area contributed by atoms with Gasteiger partial charge in [-0.3, -0.25) is 19.2 Å². The zero-order chi connectivity index (χ0) is 22.7. The molecule has 4 atom stereocenters. The molecule has 0 heterocycles. The van der Waals surface area contributed by atoms with E-state index in [4.69, 9.17) is 21.1 Å². The molecule has 0 rings (SSSR count). The second-order valence-electron chi connectivity index (χ2n) is 6.72. The number of hydrogen-bond acceptors (Lipinski definition) is 8. The summed E-state index contributed by atoms with van der Waals surface area (Å²) < 4.78 is 0. The fraction of sp³-hybridized carbons (Fsp3) is 0.688. The highest BCUT2D eigenvalue weighted by atomic mass is 16.4. The quantitative estimate of drug-likeness (QED) is 0.146. The van der Waals surface area contributed by atoms with Gasteiger partial charge >= 0.3 is 11.9 Å². The Bertz CT molecular complexity index is 611. The molecular weight excluding hydrogens is 392 g/mol. The average Bonchev–Trinajstić information content (AvgIpc) is 2.61. The molecule has 29 heavy (non-hydrogen) atoms. The van der Waals surface area contributed by atoms with Gasteiger partial charge in [0.15, 0.2) is 0 Å². The van der Waals surface area contributed by atoms with Crippen LogP contribution >= 0.6 is 0 Å². The highest BCUT2D eigenvalue weighted by Crippen LogP contribution is 2.06. The summed E-state index contributed by atoms with van der Waals surface area (Å²) in [5.74, 6) is -5.72. The van der Waals surface area contributed by atoms with E-state index in [1.807, 2.05) is 0 Å². The van der Waals surface area contributed by atoms with E-state index in [-0.39, 0.29) is 12.3 Å². The maximum absolute atomic E-state index is 12.4. The number of nitrogens with two attached hydrogens (primary N) is 1. The van der Waals surface area contributed by atoms with E-state index in [1.54, 1.807) is 13.8 Å². The van der Waals surface area contributed by atoms with Crippen molar-refractivity contribution in [2.24, 2.45) is 11.7 Å². The Morgan fingerprint density at radius 3 is 1.66 bits per heavy atom. The van der Waals surface area contributed by atoms with Crippen molar-refractivity contribution in [1.82, 2.24) is 16.0 Å². The van der Waals surface area contributed by atoms with Gasteiger partial charge < -0.3 is 42.1 Å². The predicted octanol–water partition coefficient (Wildman–Crippen LogP) is -3.64. The normalized spacial score (nSPS) is 15.0. The number of nitrogens with one attached hydrogen (secondary N) is 3. The third-order valence-electron chi connectivity index (χ3n) is 3.68. The number of amides is 3. The number of aliphatic hydroxyl groups is 2. The molecule has 0 aliphatic carbocycles. The zero-order valence-electron chi connectivity index (χ0n) is 16.1. The van der Waals surface area contributed by atoms with Crippen LogP contribution in [-0.2, 0) is 24.0 Å². The fourth-order valence-corrected chi connectivity index (χ4v) is 2.19. The molecule has 13 nitrogen and oxygen atoms in total. The van der Waals surface area contributed by atoms with Gasteiger partial charge in [-0.15, -0.1) is 0 Å². The molecule has 0 saturated carbocycles. The van der Waals surface area contributed by atoms with Gasteiger partial charge in [-0.2, -0.15) is 0 Å². The number of carboxylic acids is 2. The summed E-state index contributed by atoms with van der Waals surface area (Å²) >= 11 is 0. The van der Waals surface area contributed by atoms with Crippen LogP contribution in [0.15, 0.2) is 0 Å². The number of carbonyl (C=O) groups is 5. The minimum atomic E-state index is -1.57. The molecule has 0 radical (unpaired) electrons. The first-order valence-corrected chi connectivity index (χ1v) is 8.75. The molecule has 0 fully saturated rings. The number of rotatable bonds is 13. The highest BCUT2D eigenvalue weighted by Gasteiger charge is 2.30. The minimum absolute atomic E-state index is 0.0972. The number of aliphatic carboxylic acids is 2. The van der Waals surface area contributed by atoms with E-state index in [2.05, 4.69) is 16.0 Å². The van der Waals surface area contributed by atoms with Crippen LogP contribution in [0.2, 0.25) is 0 Å². The number of carboxylic acid groups (broad SMARTS) is 2. The highest BCUT2D eigenvalue weighted by molar-refractivity contribution is 5.94. The standard InChI is InChI=1S/C16H28N4O9/c1-7(2)3-9(14(26)20-11(6-22)16(28)29)18-15(27)10(5-21)19-13(25)8(17)4-12(23)24/h7-11,21-22H,3-6,17H2,1-2H3,(H,18,27)(H,19,25)(H,20,26)(H,23,24)(H,28,29). The molecule has 9 N–H and O–H groups in total. The number of hydrogen-bond donors (Lipinski definition) is 8. The summed E-state index contributed by atoms with van der Waals surface area (Å²) in [6.07, 6.45) is -0.596. The lowest BCUT2D eigenvalue weighted by molar-refractivity contribution is -0.143. The van der Waals surface area contributed by atoms with Gasteiger partial charge in [-0.1, -0.05) is 13.8 Å². The first-order valence-electron chi connectivity index (χ1n) is 8.75. The van der Waals surface area contributed by atoms with Crippen LogP contribution in [0.25, 0.3) is 0 Å². The summed E-state index contributed by atoms with van der Waals surface area (Å²) in [4.78, 5) is 58.1. The summed E-state index contributed by atoms with van der Waals surface area (Å²) in [5.41, 5.74) is 5.39. The number of aliphatic hydroxyl groups excluding tert-OH is 2. The van der Waals surface area contributed by atoms with Crippen molar-refractivity contribution in [3.8, 4) is 0 Å². The van der Waals surface area contributed by atoms with Crippen molar-refractivity contribution >= 4 is 29.7 Å². The van der Waals surface area contributed by atoms with Gasteiger partial charge in [0.25, 0.3) is 0 Å². The molecule has 0 bridgehead atoms. The molecule has 3 amide bonds. The third-order valence-corrected chi connectivity index (χ3v) is 3.68. The van der Waals surface area contributed by atoms with E-state index in [0.29, 0.717) is 0 Å². The lowest BCUT2D eigenvalue weighted by Crippen LogP contribution is -2.58. The topological polar surface area (TPSA) is 228 Å². The molecule has 0 spiro atoms. The fourth-order valence-electron chi connectivity index (χ4n) is 2.19.